The number of rotatable bonds is 11. The summed E-state index contributed by atoms with van der Waals surface area (Å²) >= 11 is 0. The van der Waals surface area contributed by atoms with Crippen LogP contribution >= 0.6 is 0 Å². The van der Waals surface area contributed by atoms with E-state index in [0.29, 0.717) is 6.42 Å². The molecule has 0 radical (unpaired) electrons. The van der Waals surface area contributed by atoms with E-state index < -0.39 is 48.9 Å². The Balaban J connectivity index is 2.10. The van der Waals surface area contributed by atoms with Crippen LogP contribution in [0.1, 0.15) is 51.7 Å². The molecule has 4 atom stereocenters. The second-order valence-corrected chi connectivity index (χ2v) is 7.22. The molecule has 2 heterocycles. The molecule has 0 saturated carbocycles. The van der Waals surface area contributed by atoms with Crippen molar-refractivity contribution in [2.24, 2.45) is 5.11 Å². The number of ether oxygens (including phenoxy) is 2. The van der Waals surface area contributed by atoms with E-state index in [-0.39, 0.29) is 12.2 Å². The molecule has 1 saturated heterocycles. The van der Waals surface area contributed by atoms with Crippen molar-refractivity contribution in [3.05, 3.63) is 33.2 Å². The van der Waals surface area contributed by atoms with Gasteiger partial charge in [0.2, 0.25) is 0 Å². The quantitative estimate of drug-likeness (QED) is 0.179. The third-order valence-electron chi connectivity index (χ3n) is 4.96. The smallest absolute Gasteiger partial charge is 0.351 e. The average Bonchev–Trinajstić information content (AvgIpc) is 2.96. The van der Waals surface area contributed by atoms with Crippen LogP contribution in [0, 0.1) is 0 Å². The fourth-order valence-electron chi connectivity index (χ4n) is 3.25. The van der Waals surface area contributed by atoms with Crippen molar-refractivity contribution in [2.75, 3.05) is 18.9 Å². The topological polar surface area (TPSA) is 165 Å². The van der Waals surface area contributed by atoms with Gasteiger partial charge < -0.3 is 20.3 Å². The van der Waals surface area contributed by atoms with Crippen molar-refractivity contribution in [3.63, 3.8) is 0 Å². The summed E-state index contributed by atoms with van der Waals surface area (Å²) in [6.45, 7) is 1.06. The van der Waals surface area contributed by atoms with Gasteiger partial charge in [-0.2, -0.15) is 4.98 Å². The third-order valence-corrected chi connectivity index (χ3v) is 4.96. The van der Waals surface area contributed by atoms with Crippen LogP contribution in [0.4, 0.5) is 10.2 Å². The minimum absolute atomic E-state index is 0.0570. The number of aromatic nitrogens is 2. The first-order valence-corrected chi connectivity index (χ1v) is 9.85. The first-order chi connectivity index (χ1) is 14.3. The summed E-state index contributed by atoms with van der Waals surface area (Å²) in [6.07, 6.45) is 0.638. The lowest BCUT2D eigenvalue weighted by atomic mass is 9.96. The molecule has 0 amide bonds. The Bertz CT molecular complexity index is 830. The molecule has 1 fully saturated rings. The van der Waals surface area contributed by atoms with Crippen LogP contribution < -0.4 is 11.4 Å². The van der Waals surface area contributed by atoms with Gasteiger partial charge in [-0.15, -0.1) is 0 Å². The molecule has 1 aliphatic heterocycles. The van der Waals surface area contributed by atoms with E-state index in [1.165, 1.54) is 12.3 Å². The van der Waals surface area contributed by atoms with E-state index in [1.54, 1.807) is 0 Å². The molecule has 1 aromatic rings. The zero-order valence-corrected chi connectivity index (χ0v) is 16.8. The number of hydrogen-bond acceptors (Lipinski definition) is 8. The molecule has 0 aliphatic carbocycles. The van der Waals surface area contributed by atoms with Crippen molar-refractivity contribution in [3.8, 4) is 0 Å². The third kappa shape index (κ3) is 5.68. The maximum atomic E-state index is 14.8. The number of aliphatic hydroxyl groups is 1. The van der Waals surface area contributed by atoms with Crippen LogP contribution in [0.5, 0.6) is 0 Å². The summed E-state index contributed by atoms with van der Waals surface area (Å²) in [5, 5.41) is 13.8. The molecule has 30 heavy (non-hydrogen) atoms. The molecule has 0 aromatic carbocycles. The molecule has 12 heteroatoms. The first kappa shape index (κ1) is 23.6. The van der Waals surface area contributed by atoms with Gasteiger partial charge in [-0.25, -0.2) is 9.18 Å². The van der Waals surface area contributed by atoms with Gasteiger partial charge in [0.05, 0.1) is 6.54 Å². The number of unbranched alkanes of at least 4 members (excludes halogenated alkanes) is 4. The molecule has 1 aliphatic rings. The fourth-order valence-corrected chi connectivity index (χ4v) is 3.25. The monoisotopic (exact) mass is 426 g/mol. The number of aliphatic hydroxyl groups excluding tert-OH is 1. The molecular weight excluding hydrogens is 399 g/mol. The van der Waals surface area contributed by atoms with Crippen molar-refractivity contribution in [1.29, 1.82) is 0 Å². The Labute approximate surface area is 172 Å². The number of carbonyl (C=O) groups is 1. The van der Waals surface area contributed by atoms with Crippen molar-refractivity contribution in [1.82, 2.24) is 9.55 Å². The lowest BCUT2D eigenvalue weighted by molar-refractivity contribution is -0.164. The van der Waals surface area contributed by atoms with Gasteiger partial charge in [0, 0.05) is 17.5 Å². The van der Waals surface area contributed by atoms with Crippen LogP contribution in [0.2, 0.25) is 0 Å². The summed E-state index contributed by atoms with van der Waals surface area (Å²) in [7, 11) is 0. The average molecular weight is 426 g/mol. The molecule has 0 spiro atoms. The highest BCUT2D eigenvalue weighted by atomic mass is 19.1. The predicted octanol–water partition coefficient (Wildman–Crippen LogP) is 2.01. The summed E-state index contributed by atoms with van der Waals surface area (Å²) < 4.78 is 26.5. The maximum absolute atomic E-state index is 14.8. The van der Waals surface area contributed by atoms with Crippen molar-refractivity contribution >= 4 is 11.8 Å². The minimum Gasteiger partial charge on any atom is -0.462 e. The minimum atomic E-state index is -2.06. The van der Waals surface area contributed by atoms with E-state index in [1.807, 2.05) is 0 Å². The van der Waals surface area contributed by atoms with Gasteiger partial charge in [-0.3, -0.25) is 9.36 Å². The number of carbonyl (C=O) groups excluding carboxylic acids is 1. The van der Waals surface area contributed by atoms with Crippen LogP contribution in [-0.2, 0) is 14.3 Å². The van der Waals surface area contributed by atoms with Crippen LogP contribution in [0.15, 0.2) is 22.2 Å². The number of halogens is 1. The lowest BCUT2D eigenvalue weighted by Gasteiger charge is -2.29. The highest BCUT2D eigenvalue weighted by Crippen LogP contribution is 2.39. The van der Waals surface area contributed by atoms with Crippen molar-refractivity contribution < 1.29 is 23.8 Å². The van der Waals surface area contributed by atoms with Gasteiger partial charge in [0.15, 0.2) is 12.4 Å². The number of hydrogen-bond donors (Lipinski definition) is 2. The van der Waals surface area contributed by atoms with E-state index >= 15 is 0 Å². The number of nitrogens with zero attached hydrogens (tertiary/aromatic N) is 5. The number of esters is 1. The van der Waals surface area contributed by atoms with E-state index in [4.69, 9.17) is 20.7 Å². The van der Waals surface area contributed by atoms with Gasteiger partial charge >= 0.3 is 11.7 Å². The molecule has 0 bridgehead atoms. The fraction of sp³-hybridized carbons (Fsp3) is 0.722. The Morgan fingerprint density at radius 3 is 2.90 bits per heavy atom. The highest BCUT2D eigenvalue weighted by molar-refractivity contribution is 5.69. The van der Waals surface area contributed by atoms with Gasteiger partial charge in [-0.1, -0.05) is 37.7 Å². The molecule has 2 rings (SSSR count). The largest absolute Gasteiger partial charge is 0.462 e. The predicted molar refractivity (Wildman–Crippen MR) is 105 cm³/mol. The number of azide groups is 1. The standard InChI is InChI=1S/C18H27FN6O5/c1-2-3-4-5-6-7-13(26)29-11-18(10-22-24-21)15(27)14(19)16(30-18)25-9-8-12(20)23-17(25)28/h8-9,14-16,27H,2-7,10-11H2,1H3,(H2,20,23,28)/t14-,15+,16-,18-/m1/s1. The zero-order valence-electron chi connectivity index (χ0n) is 16.8. The highest BCUT2D eigenvalue weighted by Gasteiger charge is 2.56. The van der Waals surface area contributed by atoms with Gasteiger partial charge in [0.1, 0.15) is 24.1 Å². The molecule has 0 unspecified atom stereocenters. The van der Waals surface area contributed by atoms with E-state index in [0.717, 1.165) is 30.3 Å². The number of nitrogen functional groups attached to an aromatic ring is 1. The Morgan fingerprint density at radius 1 is 1.50 bits per heavy atom. The van der Waals surface area contributed by atoms with Crippen LogP contribution in [-0.4, -0.2) is 51.7 Å². The first-order valence-electron chi connectivity index (χ1n) is 9.85. The van der Waals surface area contributed by atoms with Crippen LogP contribution in [0.3, 0.4) is 0 Å². The van der Waals surface area contributed by atoms with Crippen molar-refractivity contribution in [2.45, 2.75) is 69.6 Å². The molecule has 1 aromatic heterocycles. The molecule has 11 nitrogen and oxygen atoms in total. The SMILES string of the molecule is CCCCCCCC(=O)OC[C@@]1(CN=[N+]=[N-])O[C@@H](n2ccc(N)nc2=O)[C@H](F)[C@@H]1O. The summed E-state index contributed by atoms with van der Waals surface area (Å²) in [5.41, 5.74) is 11.4. The van der Waals surface area contributed by atoms with E-state index in [9.17, 15) is 19.1 Å². The molecular formula is C18H27FN6O5. The van der Waals surface area contributed by atoms with Gasteiger partial charge in [-0.05, 0) is 18.0 Å². The lowest BCUT2D eigenvalue weighted by Crippen LogP contribution is -2.49. The normalized spacial score (nSPS) is 25.6. The summed E-state index contributed by atoms with van der Waals surface area (Å²) in [4.78, 5) is 30.2. The summed E-state index contributed by atoms with van der Waals surface area (Å²) in [5.74, 6) is -0.591. The van der Waals surface area contributed by atoms with Crippen LogP contribution in [0.25, 0.3) is 10.4 Å². The number of nitrogens with two attached hydrogens (primary N) is 1. The second-order valence-electron chi connectivity index (χ2n) is 7.22. The van der Waals surface area contributed by atoms with Gasteiger partial charge in [0.25, 0.3) is 0 Å². The zero-order chi connectivity index (χ0) is 22.1. The maximum Gasteiger partial charge on any atom is 0.351 e. The number of alkyl halides is 1. The molecule has 166 valence electrons. The Kier molecular flexibility index (Phi) is 8.58. The Morgan fingerprint density at radius 2 is 2.23 bits per heavy atom. The second kappa shape index (κ2) is 10.9. The summed E-state index contributed by atoms with van der Waals surface area (Å²) in [6, 6.07) is 1.27. The molecule has 3 N–H and O–H groups in total. The van der Waals surface area contributed by atoms with E-state index in [2.05, 4.69) is 21.9 Å². The Hall–Kier alpha value is -2.69. The number of anilines is 1.